The number of ether oxygens (including phenoxy) is 1. The van der Waals surface area contributed by atoms with Crippen LogP contribution in [0.25, 0.3) is 11.1 Å². The second-order valence-corrected chi connectivity index (χ2v) is 9.99. The van der Waals surface area contributed by atoms with Crippen molar-refractivity contribution in [2.24, 2.45) is 0 Å². The normalized spacial score (nSPS) is 11.5. The van der Waals surface area contributed by atoms with Crippen molar-refractivity contribution >= 4 is 11.8 Å². The van der Waals surface area contributed by atoms with Gasteiger partial charge in [-0.2, -0.15) is 0 Å². The molecule has 3 aromatic rings. The quantitative estimate of drug-likeness (QED) is 0.268. The van der Waals surface area contributed by atoms with Gasteiger partial charge in [0.05, 0.1) is 5.69 Å². The standard InChI is InChI=1S/C31H40N2O3/c1-31(2,21-23-33(3)22-10-9-11-25-16-18-26(19-17-25)20-24-34)36-30(35)32-29-15-8-7-14-28(29)27-12-5-4-6-13-27/h4-8,12-19,34H,9-11,20-24H2,1-3H3,(H,32,35). The third-order valence-electron chi connectivity index (χ3n) is 6.39. The Morgan fingerprint density at radius 3 is 2.19 bits per heavy atom. The zero-order chi connectivity index (χ0) is 25.8. The number of carbonyl (C=O) groups excluding carboxylic acids is 1. The largest absolute Gasteiger partial charge is 0.443 e. The van der Waals surface area contributed by atoms with E-state index in [1.54, 1.807) is 0 Å². The molecule has 0 unspecified atom stereocenters. The summed E-state index contributed by atoms with van der Waals surface area (Å²) in [5, 5.41) is 12.0. The Balaban J connectivity index is 1.39. The second-order valence-electron chi connectivity index (χ2n) is 9.99. The summed E-state index contributed by atoms with van der Waals surface area (Å²) in [4.78, 5) is 15.0. The van der Waals surface area contributed by atoms with Crippen LogP contribution in [0.4, 0.5) is 10.5 Å². The number of nitrogens with zero attached hydrogens (tertiary/aromatic N) is 1. The predicted octanol–water partition coefficient (Wildman–Crippen LogP) is 6.56. The third-order valence-corrected chi connectivity index (χ3v) is 6.39. The summed E-state index contributed by atoms with van der Waals surface area (Å²) in [7, 11) is 2.12. The summed E-state index contributed by atoms with van der Waals surface area (Å²) >= 11 is 0. The van der Waals surface area contributed by atoms with Gasteiger partial charge in [-0.3, -0.25) is 5.32 Å². The molecule has 1 amide bonds. The lowest BCUT2D eigenvalue weighted by molar-refractivity contribution is 0.0357. The van der Waals surface area contributed by atoms with Crippen LogP contribution < -0.4 is 5.32 Å². The molecule has 5 nitrogen and oxygen atoms in total. The molecular formula is C31H40N2O3. The van der Waals surface area contributed by atoms with E-state index in [-0.39, 0.29) is 6.61 Å². The fourth-order valence-corrected chi connectivity index (χ4v) is 4.18. The summed E-state index contributed by atoms with van der Waals surface area (Å²) in [5.74, 6) is 0. The molecule has 3 aromatic carbocycles. The molecule has 3 rings (SSSR count). The van der Waals surface area contributed by atoms with E-state index in [4.69, 9.17) is 9.84 Å². The van der Waals surface area contributed by atoms with E-state index in [1.165, 1.54) is 11.1 Å². The van der Waals surface area contributed by atoms with Gasteiger partial charge >= 0.3 is 6.09 Å². The van der Waals surface area contributed by atoms with Gasteiger partial charge in [0, 0.05) is 18.7 Å². The number of aliphatic hydroxyl groups is 1. The predicted molar refractivity (Wildman–Crippen MR) is 148 cm³/mol. The molecule has 0 spiro atoms. The number of benzene rings is 3. The Morgan fingerprint density at radius 2 is 1.50 bits per heavy atom. The van der Waals surface area contributed by atoms with Gasteiger partial charge in [0.25, 0.3) is 0 Å². The van der Waals surface area contributed by atoms with Gasteiger partial charge in [0.1, 0.15) is 5.60 Å². The molecule has 192 valence electrons. The number of amides is 1. The van der Waals surface area contributed by atoms with Crippen LogP contribution in [0.2, 0.25) is 0 Å². The highest BCUT2D eigenvalue weighted by molar-refractivity contribution is 5.91. The molecule has 0 atom stereocenters. The summed E-state index contributed by atoms with van der Waals surface area (Å²) < 4.78 is 5.80. The average molecular weight is 489 g/mol. The highest BCUT2D eigenvalue weighted by Gasteiger charge is 2.24. The van der Waals surface area contributed by atoms with E-state index in [2.05, 4.69) is 41.5 Å². The number of hydrogen-bond acceptors (Lipinski definition) is 4. The van der Waals surface area contributed by atoms with Crippen LogP contribution in [0, 0.1) is 0 Å². The number of unbranched alkanes of at least 4 members (excludes halogenated alkanes) is 1. The average Bonchev–Trinajstić information content (AvgIpc) is 2.87. The van der Waals surface area contributed by atoms with E-state index in [9.17, 15) is 4.79 Å². The van der Waals surface area contributed by atoms with Crippen molar-refractivity contribution in [3.05, 3.63) is 90.0 Å². The van der Waals surface area contributed by atoms with E-state index in [1.807, 2.05) is 68.4 Å². The lowest BCUT2D eigenvalue weighted by atomic mass is 10.0. The van der Waals surface area contributed by atoms with Crippen LogP contribution >= 0.6 is 0 Å². The third kappa shape index (κ3) is 9.14. The number of aliphatic hydroxyl groups excluding tert-OH is 1. The molecule has 0 saturated heterocycles. The first-order valence-electron chi connectivity index (χ1n) is 12.9. The molecule has 2 N–H and O–H groups in total. The molecule has 0 aliphatic heterocycles. The number of rotatable bonds is 13. The number of para-hydroxylation sites is 1. The molecule has 0 bridgehead atoms. The topological polar surface area (TPSA) is 61.8 Å². The number of carbonyl (C=O) groups is 1. The van der Waals surface area contributed by atoms with Crippen LogP contribution in [-0.4, -0.2) is 48.4 Å². The molecule has 0 aliphatic carbocycles. The first-order chi connectivity index (χ1) is 17.4. The first kappa shape index (κ1) is 27.4. The van der Waals surface area contributed by atoms with Crippen LogP contribution in [0.1, 0.15) is 44.2 Å². The summed E-state index contributed by atoms with van der Waals surface area (Å²) in [6.45, 7) is 5.99. The fourth-order valence-electron chi connectivity index (χ4n) is 4.18. The minimum atomic E-state index is -0.573. The monoisotopic (exact) mass is 488 g/mol. The van der Waals surface area contributed by atoms with E-state index in [0.717, 1.165) is 55.6 Å². The van der Waals surface area contributed by atoms with Gasteiger partial charge in [-0.25, -0.2) is 4.79 Å². The fraction of sp³-hybridized carbons (Fsp3) is 0.387. The molecule has 0 aromatic heterocycles. The minimum Gasteiger partial charge on any atom is -0.443 e. The maximum Gasteiger partial charge on any atom is 0.412 e. The molecule has 0 radical (unpaired) electrons. The van der Waals surface area contributed by atoms with Crippen LogP contribution in [0.15, 0.2) is 78.9 Å². The zero-order valence-corrected chi connectivity index (χ0v) is 21.9. The maximum atomic E-state index is 12.7. The van der Waals surface area contributed by atoms with Crippen molar-refractivity contribution in [3.63, 3.8) is 0 Å². The molecule has 0 aliphatic rings. The summed E-state index contributed by atoms with van der Waals surface area (Å²) in [6.07, 6.45) is 4.35. The van der Waals surface area contributed by atoms with Gasteiger partial charge in [0.2, 0.25) is 0 Å². The lowest BCUT2D eigenvalue weighted by Crippen LogP contribution is -2.35. The highest BCUT2D eigenvalue weighted by atomic mass is 16.6. The molecule has 0 saturated carbocycles. The Labute approximate surface area is 216 Å². The van der Waals surface area contributed by atoms with Gasteiger partial charge in [-0.1, -0.05) is 72.8 Å². The van der Waals surface area contributed by atoms with Crippen LogP contribution in [-0.2, 0) is 17.6 Å². The number of hydrogen-bond donors (Lipinski definition) is 2. The number of nitrogens with one attached hydrogen (secondary N) is 1. The lowest BCUT2D eigenvalue weighted by Gasteiger charge is -2.28. The molecule has 0 heterocycles. The van der Waals surface area contributed by atoms with Crippen LogP contribution in [0.5, 0.6) is 0 Å². The molecule has 36 heavy (non-hydrogen) atoms. The Hall–Kier alpha value is -3.15. The second kappa shape index (κ2) is 13.8. The highest BCUT2D eigenvalue weighted by Crippen LogP contribution is 2.28. The number of aryl methyl sites for hydroxylation is 1. The SMILES string of the molecule is CN(CCCCc1ccc(CCO)cc1)CCC(C)(C)OC(=O)Nc1ccccc1-c1ccccc1. The molecular weight excluding hydrogens is 448 g/mol. The van der Waals surface area contributed by atoms with Gasteiger partial charge in [0.15, 0.2) is 0 Å². The van der Waals surface area contributed by atoms with E-state index < -0.39 is 11.7 Å². The van der Waals surface area contributed by atoms with Crippen molar-refractivity contribution < 1.29 is 14.6 Å². The van der Waals surface area contributed by atoms with E-state index >= 15 is 0 Å². The Morgan fingerprint density at radius 1 is 0.861 bits per heavy atom. The maximum absolute atomic E-state index is 12.7. The van der Waals surface area contributed by atoms with Gasteiger partial charge < -0.3 is 14.7 Å². The van der Waals surface area contributed by atoms with Crippen molar-refractivity contribution in [2.45, 2.75) is 51.6 Å². The minimum absolute atomic E-state index is 0.195. The summed E-state index contributed by atoms with van der Waals surface area (Å²) in [5.41, 5.74) is 4.70. The Kier molecular flexibility index (Phi) is 10.5. The van der Waals surface area contributed by atoms with Crippen molar-refractivity contribution in [1.82, 2.24) is 4.90 Å². The molecule has 5 heteroatoms. The zero-order valence-electron chi connectivity index (χ0n) is 21.9. The smallest absolute Gasteiger partial charge is 0.412 e. The summed E-state index contributed by atoms with van der Waals surface area (Å²) in [6, 6.07) is 26.3. The van der Waals surface area contributed by atoms with Crippen LogP contribution in [0.3, 0.4) is 0 Å². The van der Waals surface area contributed by atoms with Crippen molar-refractivity contribution in [2.75, 3.05) is 32.1 Å². The van der Waals surface area contributed by atoms with Gasteiger partial charge in [-0.05, 0) is 82.3 Å². The van der Waals surface area contributed by atoms with Crippen molar-refractivity contribution in [1.29, 1.82) is 0 Å². The number of anilines is 1. The van der Waals surface area contributed by atoms with Gasteiger partial charge in [-0.15, -0.1) is 0 Å². The molecule has 0 fully saturated rings. The van der Waals surface area contributed by atoms with E-state index in [0.29, 0.717) is 6.42 Å². The Bertz CT molecular complexity index is 1060. The first-order valence-corrected chi connectivity index (χ1v) is 12.9. The van der Waals surface area contributed by atoms with Crippen molar-refractivity contribution in [3.8, 4) is 11.1 Å².